The number of rotatable bonds is 2. The normalized spacial score (nSPS) is 17.7. The second-order valence-corrected chi connectivity index (χ2v) is 2.70. The number of nitrogens with zero attached hydrogens (tertiary/aromatic N) is 1. The van der Waals surface area contributed by atoms with Crippen LogP contribution in [-0.4, -0.2) is 5.16 Å². The van der Waals surface area contributed by atoms with Crippen LogP contribution in [0.1, 0.15) is 30.0 Å². The molecule has 1 aliphatic carbocycles. The lowest BCUT2D eigenvalue weighted by atomic mass is 10.2. The molecule has 3 heteroatoms. The molecule has 1 aromatic rings. The number of hydrogen-bond donors (Lipinski definition) is 1. The smallest absolute Gasteiger partial charge is 0.128 e. The van der Waals surface area contributed by atoms with Crippen LogP contribution in [0, 0.1) is 0 Å². The predicted octanol–water partition coefficient (Wildman–Crippen LogP) is 1.01. The maximum atomic E-state index is 5.46. The van der Waals surface area contributed by atoms with Crippen molar-refractivity contribution in [2.24, 2.45) is 5.73 Å². The Kier molecular flexibility index (Phi) is 1.24. The van der Waals surface area contributed by atoms with E-state index in [2.05, 4.69) is 5.16 Å². The molecule has 0 spiro atoms. The molecule has 1 heterocycles. The summed E-state index contributed by atoms with van der Waals surface area (Å²) in [4.78, 5) is 0. The molecule has 0 unspecified atom stereocenters. The van der Waals surface area contributed by atoms with Crippen molar-refractivity contribution in [3.63, 3.8) is 0 Å². The number of aromatic nitrogens is 1. The quantitative estimate of drug-likeness (QED) is 0.663. The summed E-state index contributed by atoms with van der Waals surface area (Å²) >= 11 is 0. The Bertz CT molecular complexity index is 227. The van der Waals surface area contributed by atoms with Crippen molar-refractivity contribution in [3.8, 4) is 0 Å². The molecule has 2 rings (SSSR count). The van der Waals surface area contributed by atoms with Crippen LogP contribution in [0.2, 0.25) is 0 Å². The Morgan fingerprint density at radius 2 is 2.50 bits per heavy atom. The van der Waals surface area contributed by atoms with Crippen LogP contribution >= 0.6 is 0 Å². The standard InChI is InChI=1S/C7H10N2O/c8-3-6-4-10-9-7(6)5-1-2-5/h4-5H,1-3,8H2. The zero-order valence-electron chi connectivity index (χ0n) is 5.71. The molecule has 0 saturated heterocycles. The van der Waals surface area contributed by atoms with E-state index in [0.29, 0.717) is 12.5 Å². The Hall–Kier alpha value is -0.830. The second-order valence-electron chi connectivity index (χ2n) is 2.70. The summed E-state index contributed by atoms with van der Waals surface area (Å²) < 4.78 is 4.81. The Labute approximate surface area is 59.2 Å². The molecule has 0 amide bonds. The van der Waals surface area contributed by atoms with E-state index >= 15 is 0 Å². The van der Waals surface area contributed by atoms with Gasteiger partial charge in [0.05, 0.1) is 5.69 Å². The molecule has 10 heavy (non-hydrogen) atoms. The molecule has 0 radical (unpaired) electrons. The summed E-state index contributed by atoms with van der Waals surface area (Å²) in [5.41, 5.74) is 7.62. The fraction of sp³-hybridized carbons (Fsp3) is 0.571. The first kappa shape index (κ1) is 5.92. The molecule has 2 N–H and O–H groups in total. The van der Waals surface area contributed by atoms with Gasteiger partial charge < -0.3 is 10.3 Å². The summed E-state index contributed by atoms with van der Waals surface area (Å²) in [7, 11) is 0. The Morgan fingerprint density at radius 1 is 1.70 bits per heavy atom. The van der Waals surface area contributed by atoms with E-state index in [1.165, 1.54) is 12.8 Å². The van der Waals surface area contributed by atoms with Gasteiger partial charge >= 0.3 is 0 Å². The first-order chi connectivity index (χ1) is 4.92. The first-order valence-electron chi connectivity index (χ1n) is 3.55. The van der Waals surface area contributed by atoms with Crippen LogP contribution in [0.25, 0.3) is 0 Å². The molecule has 1 aliphatic rings. The van der Waals surface area contributed by atoms with Crippen molar-refractivity contribution in [2.45, 2.75) is 25.3 Å². The lowest BCUT2D eigenvalue weighted by Gasteiger charge is -1.90. The van der Waals surface area contributed by atoms with Gasteiger partial charge in [0.25, 0.3) is 0 Å². The molecular weight excluding hydrogens is 128 g/mol. The van der Waals surface area contributed by atoms with E-state index in [1.54, 1.807) is 6.26 Å². The number of nitrogens with two attached hydrogens (primary N) is 1. The molecule has 1 aromatic heterocycles. The zero-order chi connectivity index (χ0) is 6.97. The second kappa shape index (κ2) is 2.09. The average molecular weight is 138 g/mol. The average Bonchev–Trinajstić information content (AvgIpc) is 2.69. The van der Waals surface area contributed by atoms with Gasteiger partial charge in [0, 0.05) is 18.0 Å². The summed E-state index contributed by atoms with van der Waals surface area (Å²) in [6, 6.07) is 0. The minimum atomic E-state index is 0.551. The van der Waals surface area contributed by atoms with E-state index in [4.69, 9.17) is 10.3 Å². The van der Waals surface area contributed by atoms with Gasteiger partial charge in [-0.05, 0) is 12.8 Å². The third-order valence-corrected chi connectivity index (χ3v) is 1.86. The van der Waals surface area contributed by atoms with E-state index in [9.17, 15) is 0 Å². The molecule has 1 saturated carbocycles. The fourth-order valence-corrected chi connectivity index (χ4v) is 1.11. The first-order valence-corrected chi connectivity index (χ1v) is 3.55. The van der Waals surface area contributed by atoms with Crippen molar-refractivity contribution in [3.05, 3.63) is 17.5 Å². The molecule has 3 nitrogen and oxygen atoms in total. The SMILES string of the molecule is NCc1conc1C1CC1. The van der Waals surface area contributed by atoms with Gasteiger partial charge in [-0.1, -0.05) is 5.16 Å². The Morgan fingerprint density at radius 3 is 3.10 bits per heavy atom. The van der Waals surface area contributed by atoms with Crippen molar-refractivity contribution in [2.75, 3.05) is 0 Å². The third-order valence-electron chi connectivity index (χ3n) is 1.86. The van der Waals surface area contributed by atoms with Gasteiger partial charge in [-0.25, -0.2) is 0 Å². The van der Waals surface area contributed by atoms with Gasteiger partial charge in [0.2, 0.25) is 0 Å². The van der Waals surface area contributed by atoms with E-state index in [-0.39, 0.29) is 0 Å². The summed E-state index contributed by atoms with van der Waals surface area (Å²) in [5.74, 6) is 0.650. The largest absolute Gasteiger partial charge is 0.364 e. The minimum Gasteiger partial charge on any atom is -0.364 e. The van der Waals surface area contributed by atoms with Crippen LogP contribution in [0.5, 0.6) is 0 Å². The zero-order valence-corrected chi connectivity index (χ0v) is 5.71. The maximum absolute atomic E-state index is 5.46. The predicted molar refractivity (Wildman–Crippen MR) is 36.4 cm³/mol. The van der Waals surface area contributed by atoms with Crippen LogP contribution in [0.4, 0.5) is 0 Å². The molecule has 0 atom stereocenters. The van der Waals surface area contributed by atoms with E-state index in [1.807, 2.05) is 0 Å². The van der Waals surface area contributed by atoms with Gasteiger partial charge in [-0.3, -0.25) is 0 Å². The highest BCUT2D eigenvalue weighted by atomic mass is 16.5. The molecule has 1 fully saturated rings. The molecular formula is C7H10N2O. The lowest BCUT2D eigenvalue weighted by molar-refractivity contribution is 0.411. The van der Waals surface area contributed by atoms with Gasteiger partial charge in [0.1, 0.15) is 6.26 Å². The van der Waals surface area contributed by atoms with Crippen molar-refractivity contribution in [1.82, 2.24) is 5.16 Å². The Balaban J connectivity index is 2.28. The molecule has 0 aromatic carbocycles. The fourth-order valence-electron chi connectivity index (χ4n) is 1.11. The molecule has 0 bridgehead atoms. The minimum absolute atomic E-state index is 0.551. The summed E-state index contributed by atoms with van der Waals surface area (Å²) in [5, 5.41) is 3.89. The highest BCUT2D eigenvalue weighted by Gasteiger charge is 2.28. The lowest BCUT2D eigenvalue weighted by Crippen LogP contribution is -1.97. The van der Waals surface area contributed by atoms with Crippen LogP contribution in [-0.2, 0) is 6.54 Å². The van der Waals surface area contributed by atoms with Crippen molar-refractivity contribution < 1.29 is 4.52 Å². The molecule has 54 valence electrons. The van der Waals surface area contributed by atoms with Crippen LogP contribution < -0.4 is 5.73 Å². The summed E-state index contributed by atoms with van der Waals surface area (Å²) in [6.07, 6.45) is 4.15. The topological polar surface area (TPSA) is 52.0 Å². The number of hydrogen-bond acceptors (Lipinski definition) is 3. The maximum Gasteiger partial charge on any atom is 0.128 e. The van der Waals surface area contributed by atoms with E-state index in [0.717, 1.165) is 11.3 Å². The van der Waals surface area contributed by atoms with Crippen molar-refractivity contribution >= 4 is 0 Å². The van der Waals surface area contributed by atoms with E-state index < -0.39 is 0 Å². The van der Waals surface area contributed by atoms with Gasteiger partial charge in [0.15, 0.2) is 0 Å². The summed E-state index contributed by atoms with van der Waals surface area (Å²) in [6.45, 7) is 0.551. The molecule has 0 aliphatic heterocycles. The third kappa shape index (κ3) is 0.827. The highest BCUT2D eigenvalue weighted by Crippen LogP contribution is 2.40. The van der Waals surface area contributed by atoms with Crippen molar-refractivity contribution in [1.29, 1.82) is 0 Å². The highest BCUT2D eigenvalue weighted by molar-refractivity contribution is 5.22. The van der Waals surface area contributed by atoms with Crippen LogP contribution in [0.15, 0.2) is 10.8 Å². The van der Waals surface area contributed by atoms with Gasteiger partial charge in [-0.2, -0.15) is 0 Å². The monoisotopic (exact) mass is 138 g/mol. The van der Waals surface area contributed by atoms with Gasteiger partial charge in [-0.15, -0.1) is 0 Å². The van der Waals surface area contributed by atoms with Crippen LogP contribution in [0.3, 0.4) is 0 Å².